The molecule has 2 heterocycles. The molecule has 78 valence electrons. The van der Waals surface area contributed by atoms with Crippen molar-refractivity contribution in [1.29, 1.82) is 0 Å². The van der Waals surface area contributed by atoms with Gasteiger partial charge in [0.2, 0.25) is 0 Å². The molecule has 1 N–H and O–H groups in total. The number of hydrogen-bond acceptors (Lipinski definition) is 1. The number of nitrogens with one attached hydrogen (secondary N) is 1. The van der Waals surface area contributed by atoms with Crippen LogP contribution in [-0.4, -0.2) is 9.97 Å². The van der Waals surface area contributed by atoms with E-state index >= 15 is 0 Å². The topological polar surface area (TPSA) is 32.8 Å². The van der Waals surface area contributed by atoms with E-state index in [-0.39, 0.29) is 0 Å². The smallest absolute Gasteiger partial charge is 0.238 e. The van der Waals surface area contributed by atoms with Crippen LogP contribution in [0.25, 0.3) is 17.0 Å². The molecule has 3 nitrogen and oxygen atoms in total. The summed E-state index contributed by atoms with van der Waals surface area (Å²) >= 11 is 5.85. The van der Waals surface area contributed by atoms with Crippen LogP contribution in [0.15, 0.2) is 48.9 Å². The van der Waals surface area contributed by atoms with Gasteiger partial charge in [0.1, 0.15) is 18.1 Å². The fourth-order valence-electron chi connectivity index (χ4n) is 1.65. The van der Waals surface area contributed by atoms with Gasteiger partial charge in [0.15, 0.2) is 0 Å². The first-order chi connectivity index (χ1) is 7.83. The molecule has 0 radical (unpaired) electrons. The van der Waals surface area contributed by atoms with Crippen molar-refractivity contribution >= 4 is 17.4 Å². The normalized spacial score (nSPS) is 10.8. The Morgan fingerprint density at radius 3 is 2.75 bits per heavy atom. The SMILES string of the molecule is Clc1ccc(-c2c[n+]3cccnc3[nH]2)cc1. The predicted molar refractivity (Wildman–Crippen MR) is 62.2 cm³/mol. The van der Waals surface area contributed by atoms with E-state index < -0.39 is 0 Å². The number of benzene rings is 1. The summed E-state index contributed by atoms with van der Waals surface area (Å²) in [5.41, 5.74) is 2.12. The predicted octanol–water partition coefficient (Wildman–Crippen LogP) is 2.47. The van der Waals surface area contributed by atoms with Crippen LogP contribution in [0.1, 0.15) is 0 Å². The molecular formula is C12H9ClN3+. The average molecular weight is 231 g/mol. The first-order valence-corrected chi connectivity index (χ1v) is 5.32. The molecule has 0 fully saturated rings. The summed E-state index contributed by atoms with van der Waals surface area (Å²) in [6, 6.07) is 9.61. The molecule has 0 aliphatic rings. The van der Waals surface area contributed by atoms with Crippen molar-refractivity contribution in [1.82, 2.24) is 9.97 Å². The number of hydrogen-bond donors (Lipinski definition) is 1. The Bertz CT molecular complexity index is 595. The molecule has 1 aromatic carbocycles. The van der Waals surface area contributed by atoms with Gasteiger partial charge in [-0.15, -0.1) is 0 Å². The zero-order valence-electron chi connectivity index (χ0n) is 8.39. The highest BCUT2D eigenvalue weighted by molar-refractivity contribution is 6.30. The molecule has 0 amide bonds. The summed E-state index contributed by atoms with van der Waals surface area (Å²) in [7, 11) is 0. The third kappa shape index (κ3) is 1.55. The second-order valence-corrected chi connectivity index (χ2v) is 3.96. The number of fused-ring (bicyclic) bond motifs is 1. The van der Waals surface area contributed by atoms with Gasteiger partial charge in [0.25, 0.3) is 0 Å². The van der Waals surface area contributed by atoms with E-state index in [2.05, 4.69) is 9.97 Å². The van der Waals surface area contributed by atoms with Gasteiger partial charge in [-0.2, -0.15) is 0 Å². The maximum atomic E-state index is 5.85. The maximum absolute atomic E-state index is 5.85. The van der Waals surface area contributed by atoms with Crippen LogP contribution in [-0.2, 0) is 0 Å². The van der Waals surface area contributed by atoms with Crippen LogP contribution in [0, 0.1) is 0 Å². The van der Waals surface area contributed by atoms with Crippen molar-refractivity contribution in [2.45, 2.75) is 0 Å². The molecule has 0 spiro atoms. The quantitative estimate of drug-likeness (QED) is 0.640. The highest BCUT2D eigenvalue weighted by Gasteiger charge is 2.09. The number of imidazole rings is 1. The Hall–Kier alpha value is -1.87. The summed E-state index contributed by atoms with van der Waals surface area (Å²) in [5.74, 6) is 0.826. The lowest BCUT2D eigenvalue weighted by atomic mass is 10.2. The molecule has 0 aliphatic heterocycles. The minimum Gasteiger partial charge on any atom is -0.238 e. The highest BCUT2D eigenvalue weighted by Crippen LogP contribution is 2.18. The minimum absolute atomic E-state index is 0.741. The molecule has 0 aliphatic carbocycles. The summed E-state index contributed by atoms with van der Waals surface area (Å²) in [5, 5.41) is 0.741. The summed E-state index contributed by atoms with van der Waals surface area (Å²) in [6.07, 6.45) is 5.72. The van der Waals surface area contributed by atoms with Crippen molar-refractivity contribution in [3.05, 3.63) is 53.9 Å². The Balaban J connectivity index is 2.15. The van der Waals surface area contributed by atoms with Gasteiger partial charge in [-0.25, -0.2) is 9.38 Å². The number of rotatable bonds is 1. The standard InChI is InChI=1S/C12H8ClN3/c13-10-4-2-9(3-5-10)11-8-16-7-1-6-14-12(16)15-11/h1-8H/p+1. The van der Waals surface area contributed by atoms with Crippen LogP contribution in [0.2, 0.25) is 5.02 Å². The monoisotopic (exact) mass is 230 g/mol. The number of H-pyrrole nitrogens is 1. The van der Waals surface area contributed by atoms with E-state index in [1.807, 2.05) is 47.1 Å². The summed E-state index contributed by atoms with van der Waals surface area (Å²) < 4.78 is 1.95. The first-order valence-electron chi connectivity index (χ1n) is 4.94. The van der Waals surface area contributed by atoms with Gasteiger partial charge < -0.3 is 0 Å². The zero-order chi connectivity index (χ0) is 11.0. The molecule has 2 aromatic heterocycles. The van der Waals surface area contributed by atoms with E-state index in [0.717, 1.165) is 22.1 Å². The van der Waals surface area contributed by atoms with Crippen molar-refractivity contribution in [2.75, 3.05) is 0 Å². The van der Waals surface area contributed by atoms with Gasteiger partial charge >= 0.3 is 5.78 Å². The Labute approximate surface area is 97.3 Å². The van der Waals surface area contributed by atoms with E-state index in [9.17, 15) is 0 Å². The molecule has 3 rings (SSSR count). The number of nitrogens with zero attached hydrogens (tertiary/aromatic N) is 2. The third-order valence-corrected chi connectivity index (χ3v) is 2.70. The van der Waals surface area contributed by atoms with Gasteiger partial charge in [0.05, 0.1) is 6.20 Å². The van der Waals surface area contributed by atoms with Crippen LogP contribution >= 0.6 is 11.6 Å². The molecule has 4 heteroatoms. The lowest BCUT2D eigenvalue weighted by Gasteiger charge is -1.93. The third-order valence-electron chi connectivity index (χ3n) is 2.44. The number of aromatic nitrogens is 3. The molecule has 0 bridgehead atoms. The van der Waals surface area contributed by atoms with E-state index in [0.29, 0.717) is 0 Å². The van der Waals surface area contributed by atoms with E-state index in [1.165, 1.54) is 0 Å². The lowest BCUT2D eigenvalue weighted by molar-refractivity contribution is -0.512. The Morgan fingerprint density at radius 1 is 1.19 bits per heavy atom. The molecule has 0 atom stereocenters. The summed E-state index contributed by atoms with van der Waals surface area (Å²) in [4.78, 5) is 7.47. The van der Waals surface area contributed by atoms with Crippen molar-refractivity contribution < 1.29 is 4.40 Å². The van der Waals surface area contributed by atoms with Crippen LogP contribution < -0.4 is 4.40 Å². The number of halogens is 1. The molecule has 0 saturated heterocycles. The number of aromatic amines is 1. The van der Waals surface area contributed by atoms with Crippen molar-refractivity contribution in [3.63, 3.8) is 0 Å². The summed E-state index contributed by atoms with van der Waals surface area (Å²) in [6.45, 7) is 0. The Morgan fingerprint density at radius 2 is 2.00 bits per heavy atom. The van der Waals surface area contributed by atoms with Gasteiger partial charge in [-0.05, 0) is 24.3 Å². The van der Waals surface area contributed by atoms with E-state index in [1.54, 1.807) is 6.20 Å². The van der Waals surface area contributed by atoms with Gasteiger partial charge in [-0.3, -0.25) is 0 Å². The maximum Gasteiger partial charge on any atom is 0.401 e. The highest BCUT2D eigenvalue weighted by atomic mass is 35.5. The van der Waals surface area contributed by atoms with E-state index in [4.69, 9.17) is 11.6 Å². The molecule has 0 unspecified atom stereocenters. The van der Waals surface area contributed by atoms with Crippen LogP contribution in [0.4, 0.5) is 0 Å². The second kappa shape index (κ2) is 3.61. The largest absolute Gasteiger partial charge is 0.401 e. The molecule has 0 saturated carbocycles. The Kier molecular flexibility index (Phi) is 2.11. The zero-order valence-corrected chi connectivity index (χ0v) is 9.15. The first kappa shape index (κ1) is 9.36. The van der Waals surface area contributed by atoms with Crippen LogP contribution in [0.3, 0.4) is 0 Å². The van der Waals surface area contributed by atoms with Crippen molar-refractivity contribution in [3.8, 4) is 11.3 Å². The lowest BCUT2D eigenvalue weighted by Crippen LogP contribution is -2.17. The van der Waals surface area contributed by atoms with Gasteiger partial charge in [0, 0.05) is 16.7 Å². The van der Waals surface area contributed by atoms with Crippen LogP contribution in [0.5, 0.6) is 0 Å². The average Bonchev–Trinajstić information content (AvgIpc) is 2.73. The fourth-order valence-corrected chi connectivity index (χ4v) is 1.78. The molecule has 3 aromatic rings. The van der Waals surface area contributed by atoms with Gasteiger partial charge in [-0.1, -0.05) is 16.6 Å². The minimum atomic E-state index is 0.741. The fraction of sp³-hybridized carbons (Fsp3) is 0. The molecular weight excluding hydrogens is 222 g/mol. The second-order valence-electron chi connectivity index (χ2n) is 3.53. The molecule has 16 heavy (non-hydrogen) atoms. The van der Waals surface area contributed by atoms with Crippen molar-refractivity contribution in [2.24, 2.45) is 0 Å².